The molecule has 0 aromatic rings. The fraction of sp³-hybridized carbons (Fsp3) is 0.944. The van der Waals surface area contributed by atoms with Crippen LogP contribution in [0.2, 0.25) is 0 Å². The Hall–Kier alpha value is -0.420. The highest BCUT2D eigenvalue weighted by Crippen LogP contribution is 2.34. The molecule has 2 heterocycles. The lowest BCUT2D eigenvalue weighted by molar-refractivity contribution is -0.0823. The Morgan fingerprint density at radius 2 is 2.04 bits per heavy atom. The number of guanidine groups is 1. The van der Waals surface area contributed by atoms with Crippen molar-refractivity contribution in [1.82, 2.24) is 10.6 Å². The van der Waals surface area contributed by atoms with Crippen LogP contribution in [0.25, 0.3) is 0 Å². The SMILES string of the molecule is CCNC(=NCC1CCCOC1C(C)(C)C)NCC1CCCS1. The number of rotatable bonds is 5. The van der Waals surface area contributed by atoms with Gasteiger partial charge in [0.15, 0.2) is 5.96 Å². The lowest BCUT2D eigenvalue weighted by Gasteiger charge is -2.39. The zero-order chi connectivity index (χ0) is 16.7. The van der Waals surface area contributed by atoms with Crippen molar-refractivity contribution in [1.29, 1.82) is 0 Å². The molecule has 0 aliphatic carbocycles. The number of ether oxygens (including phenoxy) is 1. The van der Waals surface area contributed by atoms with Gasteiger partial charge in [-0.1, -0.05) is 20.8 Å². The Labute approximate surface area is 146 Å². The number of aliphatic imine (C=N–C) groups is 1. The molecule has 2 N–H and O–H groups in total. The predicted molar refractivity (Wildman–Crippen MR) is 101 cm³/mol. The van der Waals surface area contributed by atoms with Gasteiger partial charge in [-0.15, -0.1) is 0 Å². The highest BCUT2D eigenvalue weighted by atomic mass is 32.2. The Bertz CT molecular complexity index is 375. The minimum absolute atomic E-state index is 0.187. The maximum Gasteiger partial charge on any atom is 0.191 e. The zero-order valence-corrected chi connectivity index (χ0v) is 16.2. The van der Waals surface area contributed by atoms with E-state index in [-0.39, 0.29) is 5.41 Å². The van der Waals surface area contributed by atoms with E-state index in [1.807, 2.05) is 0 Å². The molecule has 2 saturated heterocycles. The summed E-state index contributed by atoms with van der Waals surface area (Å²) in [5, 5.41) is 7.67. The van der Waals surface area contributed by atoms with Crippen LogP contribution in [0, 0.1) is 11.3 Å². The van der Waals surface area contributed by atoms with Crippen LogP contribution in [0.3, 0.4) is 0 Å². The topological polar surface area (TPSA) is 45.7 Å². The summed E-state index contributed by atoms with van der Waals surface area (Å²) in [7, 11) is 0. The van der Waals surface area contributed by atoms with Gasteiger partial charge in [0.2, 0.25) is 0 Å². The van der Waals surface area contributed by atoms with Crippen molar-refractivity contribution < 1.29 is 4.74 Å². The summed E-state index contributed by atoms with van der Waals surface area (Å²) in [4.78, 5) is 4.87. The monoisotopic (exact) mass is 341 g/mol. The minimum Gasteiger partial charge on any atom is -0.377 e. The van der Waals surface area contributed by atoms with Gasteiger partial charge in [-0.25, -0.2) is 0 Å². The van der Waals surface area contributed by atoms with Crippen LogP contribution in [0.5, 0.6) is 0 Å². The Balaban J connectivity index is 1.89. The van der Waals surface area contributed by atoms with Crippen LogP contribution in [0.1, 0.15) is 53.4 Å². The molecular formula is C18H35N3OS. The number of hydrogen-bond acceptors (Lipinski definition) is 3. The molecule has 2 rings (SSSR count). The van der Waals surface area contributed by atoms with Crippen molar-refractivity contribution in [2.24, 2.45) is 16.3 Å². The molecule has 2 fully saturated rings. The Morgan fingerprint density at radius 3 is 2.70 bits per heavy atom. The lowest BCUT2D eigenvalue weighted by Crippen LogP contribution is -2.43. The van der Waals surface area contributed by atoms with Gasteiger partial charge in [0.1, 0.15) is 0 Å². The van der Waals surface area contributed by atoms with Crippen LogP contribution in [0.4, 0.5) is 0 Å². The smallest absolute Gasteiger partial charge is 0.191 e. The first-order valence-electron chi connectivity index (χ1n) is 9.26. The quantitative estimate of drug-likeness (QED) is 0.595. The van der Waals surface area contributed by atoms with Gasteiger partial charge in [0.25, 0.3) is 0 Å². The van der Waals surface area contributed by atoms with E-state index in [9.17, 15) is 0 Å². The fourth-order valence-electron chi connectivity index (χ4n) is 3.55. The predicted octanol–water partition coefficient (Wildman–Crippen LogP) is 3.28. The van der Waals surface area contributed by atoms with Crippen molar-refractivity contribution in [2.45, 2.75) is 64.7 Å². The second kappa shape index (κ2) is 9.16. The molecule has 0 bridgehead atoms. The summed E-state index contributed by atoms with van der Waals surface area (Å²) in [6.07, 6.45) is 5.39. The molecule has 2 aliphatic rings. The summed E-state index contributed by atoms with van der Waals surface area (Å²) in [5.74, 6) is 2.81. The van der Waals surface area contributed by atoms with Crippen molar-refractivity contribution in [3.63, 3.8) is 0 Å². The summed E-state index contributed by atoms with van der Waals surface area (Å²) >= 11 is 2.09. The molecule has 0 saturated carbocycles. The minimum atomic E-state index is 0.187. The zero-order valence-electron chi connectivity index (χ0n) is 15.4. The summed E-state index contributed by atoms with van der Waals surface area (Å²) in [6.45, 7) is 12.7. The maximum atomic E-state index is 6.08. The van der Waals surface area contributed by atoms with Gasteiger partial charge in [0, 0.05) is 37.4 Å². The molecule has 4 nitrogen and oxygen atoms in total. The Kier molecular flexibility index (Phi) is 7.54. The first-order chi connectivity index (χ1) is 11.0. The first kappa shape index (κ1) is 18.9. The molecule has 3 unspecified atom stereocenters. The average Bonchev–Trinajstić information content (AvgIpc) is 3.03. The largest absolute Gasteiger partial charge is 0.377 e. The van der Waals surface area contributed by atoms with Crippen LogP contribution < -0.4 is 10.6 Å². The van der Waals surface area contributed by atoms with Crippen molar-refractivity contribution in [2.75, 3.05) is 32.0 Å². The molecular weight excluding hydrogens is 306 g/mol. The van der Waals surface area contributed by atoms with E-state index in [0.717, 1.165) is 43.9 Å². The van der Waals surface area contributed by atoms with Gasteiger partial charge < -0.3 is 15.4 Å². The summed E-state index contributed by atoms with van der Waals surface area (Å²) in [6, 6.07) is 0. The third kappa shape index (κ3) is 6.18. The van der Waals surface area contributed by atoms with Gasteiger partial charge >= 0.3 is 0 Å². The molecule has 0 amide bonds. The third-order valence-electron chi connectivity index (χ3n) is 4.65. The van der Waals surface area contributed by atoms with E-state index in [1.165, 1.54) is 25.0 Å². The fourth-order valence-corrected chi connectivity index (χ4v) is 4.75. The van der Waals surface area contributed by atoms with E-state index in [2.05, 4.69) is 50.1 Å². The number of thioether (sulfide) groups is 1. The van der Waals surface area contributed by atoms with Crippen LogP contribution in [0.15, 0.2) is 4.99 Å². The van der Waals surface area contributed by atoms with Crippen LogP contribution in [-0.2, 0) is 4.74 Å². The van der Waals surface area contributed by atoms with Gasteiger partial charge in [-0.3, -0.25) is 4.99 Å². The molecule has 134 valence electrons. The van der Waals surface area contributed by atoms with Gasteiger partial charge in [-0.05, 0) is 43.8 Å². The highest BCUT2D eigenvalue weighted by Gasteiger charge is 2.35. The molecule has 0 radical (unpaired) electrons. The van der Waals surface area contributed by atoms with E-state index < -0.39 is 0 Å². The molecule has 23 heavy (non-hydrogen) atoms. The molecule has 2 aliphatic heterocycles. The van der Waals surface area contributed by atoms with Crippen LogP contribution >= 0.6 is 11.8 Å². The maximum absolute atomic E-state index is 6.08. The van der Waals surface area contributed by atoms with Crippen molar-refractivity contribution in [3.8, 4) is 0 Å². The van der Waals surface area contributed by atoms with Crippen molar-refractivity contribution in [3.05, 3.63) is 0 Å². The molecule has 0 spiro atoms. The van der Waals surface area contributed by atoms with Gasteiger partial charge in [0.05, 0.1) is 6.10 Å². The molecule has 5 heteroatoms. The number of nitrogens with one attached hydrogen (secondary N) is 2. The molecule has 0 aromatic carbocycles. The molecule has 3 atom stereocenters. The average molecular weight is 342 g/mol. The molecule has 0 aromatic heterocycles. The normalized spacial score (nSPS) is 29.6. The second-order valence-corrected chi connectivity index (χ2v) is 9.20. The second-order valence-electron chi connectivity index (χ2n) is 7.80. The first-order valence-corrected chi connectivity index (χ1v) is 10.3. The summed E-state index contributed by atoms with van der Waals surface area (Å²) in [5.41, 5.74) is 0.187. The summed E-state index contributed by atoms with van der Waals surface area (Å²) < 4.78 is 6.08. The third-order valence-corrected chi connectivity index (χ3v) is 6.05. The Morgan fingerprint density at radius 1 is 1.22 bits per heavy atom. The van der Waals surface area contributed by atoms with Crippen LogP contribution in [-0.4, -0.2) is 49.3 Å². The highest BCUT2D eigenvalue weighted by molar-refractivity contribution is 8.00. The van der Waals surface area contributed by atoms with E-state index in [4.69, 9.17) is 9.73 Å². The van der Waals surface area contributed by atoms with E-state index in [0.29, 0.717) is 12.0 Å². The van der Waals surface area contributed by atoms with E-state index >= 15 is 0 Å². The standard InChI is InChI=1S/C18H35N3OS/c1-5-19-17(21-13-15-9-7-11-23-15)20-12-14-8-6-10-22-16(14)18(2,3)4/h14-16H,5-13H2,1-4H3,(H2,19,20,21). The van der Waals surface area contributed by atoms with Crippen molar-refractivity contribution >= 4 is 17.7 Å². The lowest BCUT2D eigenvalue weighted by atomic mass is 9.78. The number of nitrogens with zero attached hydrogens (tertiary/aromatic N) is 1. The van der Waals surface area contributed by atoms with Gasteiger partial charge in [-0.2, -0.15) is 11.8 Å². The van der Waals surface area contributed by atoms with E-state index in [1.54, 1.807) is 0 Å². The number of hydrogen-bond donors (Lipinski definition) is 2.